The lowest BCUT2D eigenvalue weighted by Gasteiger charge is -2.01. The van der Waals surface area contributed by atoms with Crippen LogP contribution < -0.4 is 0 Å². The van der Waals surface area contributed by atoms with Crippen molar-refractivity contribution in [1.82, 2.24) is 20.2 Å². The fourth-order valence-corrected chi connectivity index (χ4v) is 2.03. The average Bonchev–Trinajstić information content (AvgIpc) is 3.07. The van der Waals surface area contributed by atoms with Gasteiger partial charge in [0.15, 0.2) is 17.4 Å². The summed E-state index contributed by atoms with van der Waals surface area (Å²) in [6.45, 7) is 0. The zero-order valence-electron chi connectivity index (χ0n) is 11.8. The van der Waals surface area contributed by atoms with E-state index in [4.69, 9.17) is 5.26 Å². The maximum atomic E-state index is 10.9. The van der Waals surface area contributed by atoms with Gasteiger partial charge in [-0.2, -0.15) is 10.4 Å². The first-order valence-electron chi connectivity index (χ1n) is 6.49. The van der Waals surface area contributed by atoms with Gasteiger partial charge in [0, 0.05) is 23.4 Å². The molecule has 0 aliphatic rings. The van der Waals surface area contributed by atoms with Gasteiger partial charge in [0.05, 0.1) is 4.92 Å². The Balaban J connectivity index is 2.05. The van der Waals surface area contributed by atoms with Crippen LogP contribution in [0.4, 0.5) is 5.69 Å². The highest BCUT2D eigenvalue weighted by molar-refractivity contribution is 5.69. The Bertz CT molecular complexity index is 991. The molecule has 2 aromatic heterocycles. The van der Waals surface area contributed by atoms with Gasteiger partial charge in [-0.3, -0.25) is 15.2 Å². The van der Waals surface area contributed by atoms with E-state index in [0.29, 0.717) is 11.4 Å². The summed E-state index contributed by atoms with van der Waals surface area (Å²) in [5.74, 6) is -1.08. The Hall–Kier alpha value is -4.00. The number of nitro benzene ring substituents is 1. The zero-order valence-corrected chi connectivity index (χ0v) is 11.8. The van der Waals surface area contributed by atoms with Gasteiger partial charge in [-0.1, -0.05) is 0 Å². The minimum Gasteiger partial charge on any atom is -0.504 e. The van der Waals surface area contributed by atoms with Crippen molar-refractivity contribution in [2.75, 3.05) is 0 Å². The van der Waals surface area contributed by atoms with Gasteiger partial charge in [-0.25, -0.2) is 9.97 Å². The molecule has 0 atom stereocenters. The Morgan fingerprint density at radius 2 is 2.04 bits per heavy atom. The number of nitrogens with zero attached hydrogens (tertiary/aromatic N) is 5. The third-order valence-corrected chi connectivity index (χ3v) is 3.16. The van der Waals surface area contributed by atoms with Gasteiger partial charge < -0.3 is 10.2 Å². The molecule has 3 aromatic rings. The standard InChI is InChI=1S/C14H8N6O4/c15-6-9-3-7(1-2-16-9)13-17-14(19-18-13)8-4-10(20(23)24)12(22)11(21)5-8/h1-5,21-22H,(H,17,18,19). The molecule has 3 N–H and O–H groups in total. The van der Waals surface area contributed by atoms with Crippen molar-refractivity contribution in [3.8, 4) is 40.3 Å². The van der Waals surface area contributed by atoms with Crippen LogP contribution in [-0.2, 0) is 0 Å². The Labute approximate surface area is 133 Å². The predicted molar refractivity (Wildman–Crippen MR) is 79.7 cm³/mol. The number of nitro groups is 1. The minimum absolute atomic E-state index is 0.0821. The summed E-state index contributed by atoms with van der Waals surface area (Å²) in [4.78, 5) is 18.1. The summed E-state index contributed by atoms with van der Waals surface area (Å²) in [5.41, 5.74) is 0.238. The predicted octanol–water partition coefficient (Wildman–Crippen LogP) is 1.72. The van der Waals surface area contributed by atoms with Crippen LogP contribution in [0.15, 0.2) is 30.5 Å². The summed E-state index contributed by atoms with van der Waals surface area (Å²) in [6.07, 6.45) is 1.44. The van der Waals surface area contributed by atoms with E-state index >= 15 is 0 Å². The number of nitriles is 1. The van der Waals surface area contributed by atoms with Crippen molar-refractivity contribution in [3.05, 3.63) is 46.3 Å². The second kappa shape index (κ2) is 5.65. The molecule has 0 aliphatic carbocycles. The molecule has 24 heavy (non-hydrogen) atoms. The molecule has 2 heterocycles. The number of benzene rings is 1. The number of hydrogen-bond acceptors (Lipinski definition) is 8. The van der Waals surface area contributed by atoms with Crippen molar-refractivity contribution < 1.29 is 15.1 Å². The van der Waals surface area contributed by atoms with E-state index in [1.165, 1.54) is 12.3 Å². The zero-order chi connectivity index (χ0) is 17.3. The number of aromatic nitrogens is 4. The smallest absolute Gasteiger partial charge is 0.315 e. The van der Waals surface area contributed by atoms with Gasteiger partial charge in [-0.15, -0.1) is 0 Å². The van der Waals surface area contributed by atoms with Crippen molar-refractivity contribution in [1.29, 1.82) is 5.26 Å². The Morgan fingerprint density at radius 1 is 1.25 bits per heavy atom. The quantitative estimate of drug-likeness (QED) is 0.372. The van der Waals surface area contributed by atoms with Gasteiger partial charge in [0.2, 0.25) is 5.75 Å². The SMILES string of the molecule is N#Cc1cc(-c2nc(-c3cc(O)c(O)c([N+](=O)[O-])c3)n[nH]2)ccn1. The van der Waals surface area contributed by atoms with Crippen LogP contribution >= 0.6 is 0 Å². The molecule has 0 spiro atoms. The molecule has 0 saturated carbocycles. The average molecular weight is 324 g/mol. The van der Waals surface area contributed by atoms with Gasteiger partial charge in [-0.05, 0) is 18.2 Å². The number of hydrogen-bond donors (Lipinski definition) is 3. The molecule has 1 aromatic carbocycles. The Kier molecular flexibility index (Phi) is 3.51. The molecule has 0 fully saturated rings. The van der Waals surface area contributed by atoms with E-state index in [1.807, 2.05) is 6.07 Å². The first kappa shape index (κ1) is 14.9. The normalized spacial score (nSPS) is 10.3. The van der Waals surface area contributed by atoms with E-state index < -0.39 is 22.1 Å². The summed E-state index contributed by atoms with van der Waals surface area (Å²) in [5, 5.41) is 45.5. The molecular formula is C14H8N6O4. The second-order valence-corrected chi connectivity index (χ2v) is 4.67. The molecular weight excluding hydrogens is 316 g/mol. The number of aromatic hydroxyl groups is 2. The molecule has 0 bridgehead atoms. The summed E-state index contributed by atoms with van der Waals surface area (Å²) in [6, 6.07) is 7.18. The number of phenols is 2. The van der Waals surface area contributed by atoms with Crippen molar-refractivity contribution in [3.63, 3.8) is 0 Å². The molecule has 3 rings (SSSR count). The van der Waals surface area contributed by atoms with E-state index in [2.05, 4.69) is 20.2 Å². The first-order valence-corrected chi connectivity index (χ1v) is 6.49. The first-order chi connectivity index (χ1) is 11.5. The third kappa shape index (κ3) is 2.57. The lowest BCUT2D eigenvalue weighted by atomic mass is 10.1. The van der Waals surface area contributed by atoms with E-state index in [9.17, 15) is 20.3 Å². The van der Waals surface area contributed by atoms with Crippen LogP contribution in [0.3, 0.4) is 0 Å². The molecule has 0 radical (unpaired) electrons. The molecule has 0 unspecified atom stereocenters. The molecule has 10 nitrogen and oxygen atoms in total. The maximum Gasteiger partial charge on any atom is 0.315 e. The lowest BCUT2D eigenvalue weighted by Crippen LogP contribution is -1.91. The van der Waals surface area contributed by atoms with Crippen molar-refractivity contribution in [2.45, 2.75) is 0 Å². The van der Waals surface area contributed by atoms with Crippen LogP contribution in [0, 0.1) is 21.4 Å². The number of phenolic OH excluding ortho intramolecular Hbond substituents is 2. The molecule has 0 amide bonds. The highest BCUT2D eigenvalue weighted by Crippen LogP contribution is 2.38. The third-order valence-electron chi connectivity index (χ3n) is 3.16. The molecule has 10 heteroatoms. The molecule has 118 valence electrons. The molecule has 0 aliphatic heterocycles. The summed E-state index contributed by atoms with van der Waals surface area (Å²) < 4.78 is 0. The number of nitrogens with one attached hydrogen (secondary N) is 1. The van der Waals surface area contributed by atoms with Crippen molar-refractivity contribution in [2.24, 2.45) is 0 Å². The van der Waals surface area contributed by atoms with E-state index in [-0.39, 0.29) is 17.1 Å². The summed E-state index contributed by atoms with van der Waals surface area (Å²) in [7, 11) is 0. The fraction of sp³-hybridized carbons (Fsp3) is 0. The highest BCUT2D eigenvalue weighted by Gasteiger charge is 2.21. The Morgan fingerprint density at radius 3 is 2.75 bits per heavy atom. The van der Waals surface area contributed by atoms with Crippen molar-refractivity contribution >= 4 is 5.69 Å². The van der Waals surface area contributed by atoms with Gasteiger partial charge >= 0.3 is 5.69 Å². The van der Waals surface area contributed by atoms with Crippen LogP contribution in [-0.4, -0.2) is 35.3 Å². The van der Waals surface area contributed by atoms with Crippen LogP contribution in [0.25, 0.3) is 22.8 Å². The topological polar surface area (TPSA) is 162 Å². The largest absolute Gasteiger partial charge is 0.504 e. The highest BCUT2D eigenvalue weighted by atomic mass is 16.6. The van der Waals surface area contributed by atoms with Crippen LogP contribution in [0.1, 0.15) is 5.69 Å². The van der Waals surface area contributed by atoms with Crippen LogP contribution in [0.5, 0.6) is 11.5 Å². The summed E-state index contributed by atoms with van der Waals surface area (Å²) >= 11 is 0. The minimum atomic E-state index is -0.827. The number of H-pyrrole nitrogens is 1. The number of rotatable bonds is 3. The number of pyridine rings is 1. The fourth-order valence-electron chi connectivity index (χ4n) is 2.03. The van der Waals surface area contributed by atoms with Crippen LogP contribution in [0.2, 0.25) is 0 Å². The molecule has 0 saturated heterocycles. The second-order valence-electron chi connectivity index (χ2n) is 4.67. The van der Waals surface area contributed by atoms with E-state index in [1.54, 1.807) is 6.07 Å². The maximum absolute atomic E-state index is 10.9. The number of aromatic amines is 1. The van der Waals surface area contributed by atoms with E-state index in [0.717, 1.165) is 12.1 Å². The lowest BCUT2D eigenvalue weighted by molar-refractivity contribution is -0.385. The monoisotopic (exact) mass is 324 g/mol. The van der Waals surface area contributed by atoms with Gasteiger partial charge in [0.25, 0.3) is 0 Å². The van der Waals surface area contributed by atoms with Gasteiger partial charge in [0.1, 0.15) is 11.8 Å².